The van der Waals surface area contributed by atoms with Gasteiger partial charge in [-0.3, -0.25) is 4.55 Å². The van der Waals surface area contributed by atoms with Crippen molar-refractivity contribution in [3.8, 4) is 0 Å². The van der Waals surface area contributed by atoms with Crippen molar-refractivity contribution in [3.63, 3.8) is 0 Å². The molecule has 1 N–H and O–H groups in total. The largest absolute Gasteiger partial charge is 1.00 e. The van der Waals surface area contributed by atoms with Gasteiger partial charge in [0.25, 0.3) is 0 Å². The Morgan fingerprint density at radius 3 is 1.58 bits per heavy atom. The molecule has 0 saturated heterocycles. The van der Waals surface area contributed by atoms with Crippen LogP contribution in [-0.2, 0) is 24.1 Å². The normalized spacial score (nSPS) is 11.4. The summed E-state index contributed by atoms with van der Waals surface area (Å²) in [6.45, 7) is 5.37. The average Bonchev–Trinajstić information content (AvgIpc) is 2.49. The van der Waals surface area contributed by atoms with E-state index in [1.807, 2.05) is 0 Å². The molecule has 0 aliphatic rings. The molecular weight excluding hydrogens is 343 g/mol. The van der Waals surface area contributed by atoms with Gasteiger partial charge in [0, 0.05) is 6.61 Å². The van der Waals surface area contributed by atoms with Crippen molar-refractivity contribution in [2.45, 2.75) is 64.2 Å². The molecule has 0 aliphatic carbocycles. The van der Waals surface area contributed by atoms with Crippen molar-refractivity contribution in [2.24, 2.45) is 0 Å². The Morgan fingerprint density at radius 2 is 1.08 bits per heavy atom. The van der Waals surface area contributed by atoms with E-state index in [4.69, 9.17) is 14.0 Å². The average molecular weight is 376 g/mol. The summed E-state index contributed by atoms with van der Waals surface area (Å²) in [4.78, 5) is 0. The minimum Gasteiger partial charge on any atom is -0.379 e. The third-order valence-electron chi connectivity index (χ3n) is 3.37. The molecule has 140 valence electrons. The van der Waals surface area contributed by atoms with Crippen molar-refractivity contribution in [2.75, 3.05) is 33.0 Å². The number of hydrogen-bond acceptors (Lipinski definition) is 5. The smallest absolute Gasteiger partial charge is 0.379 e. The maximum atomic E-state index is 10.2. The topological polar surface area (TPSA) is 82.1 Å². The molecule has 24 heavy (non-hydrogen) atoms. The standard InChI is InChI=1S/C16H33O6S.Na/c1-2-3-4-5-6-7-8-9-10-11-12-20-13-14-21-15-16-22-23(17,18)19;/h1-16H2,(H,17,18,19);/q-1;+1. The first-order valence-corrected chi connectivity index (χ1v) is 9.99. The molecule has 0 heterocycles. The van der Waals surface area contributed by atoms with Gasteiger partial charge in [0.15, 0.2) is 0 Å². The Bertz CT molecular complexity index is 337. The zero-order chi connectivity index (χ0) is 17.2. The summed E-state index contributed by atoms with van der Waals surface area (Å²) >= 11 is 0. The van der Waals surface area contributed by atoms with E-state index in [1.54, 1.807) is 0 Å². The summed E-state index contributed by atoms with van der Waals surface area (Å²) in [6, 6.07) is 0. The van der Waals surface area contributed by atoms with Gasteiger partial charge in [-0.15, -0.1) is 0 Å². The van der Waals surface area contributed by atoms with Crippen LogP contribution in [0, 0.1) is 6.92 Å². The summed E-state index contributed by atoms with van der Waals surface area (Å²) in [5, 5.41) is 0. The van der Waals surface area contributed by atoms with Crippen LogP contribution in [0.3, 0.4) is 0 Å². The molecule has 0 amide bonds. The number of rotatable bonds is 18. The van der Waals surface area contributed by atoms with E-state index in [-0.39, 0.29) is 42.8 Å². The first-order chi connectivity index (χ1) is 11.1. The summed E-state index contributed by atoms with van der Waals surface area (Å²) in [5.41, 5.74) is 0. The predicted molar refractivity (Wildman–Crippen MR) is 90.7 cm³/mol. The van der Waals surface area contributed by atoms with Crippen molar-refractivity contribution >= 4 is 10.4 Å². The van der Waals surface area contributed by atoms with Gasteiger partial charge in [-0.05, 0) is 6.42 Å². The van der Waals surface area contributed by atoms with Crippen LogP contribution < -0.4 is 29.6 Å². The van der Waals surface area contributed by atoms with Crippen molar-refractivity contribution in [1.82, 2.24) is 0 Å². The quantitative estimate of drug-likeness (QED) is 0.163. The third kappa shape index (κ3) is 25.0. The van der Waals surface area contributed by atoms with E-state index in [0.717, 1.165) is 19.4 Å². The molecule has 6 nitrogen and oxygen atoms in total. The minimum atomic E-state index is -4.36. The van der Waals surface area contributed by atoms with Gasteiger partial charge >= 0.3 is 40.0 Å². The van der Waals surface area contributed by atoms with Gasteiger partial charge in [0.2, 0.25) is 0 Å². The van der Waals surface area contributed by atoms with E-state index >= 15 is 0 Å². The molecule has 0 aliphatic heterocycles. The van der Waals surface area contributed by atoms with Crippen LogP contribution in [0.5, 0.6) is 0 Å². The van der Waals surface area contributed by atoms with Crippen molar-refractivity contribution in [1.29, 1.82) is 0 Å². The Balaban J connectivity index is 0. The zero-order valence-corrected chi connectivity index (χ0v) is 18.0. The Labute approximate surface area is 170 Å². The van der Waals surface area contributed by atoms with Crippen molar-refractivity contribution < 1.29 is 56.2 Å². The van der Waals surface area contributed by atoms with Gasteiger partial charge in [0.1, 0.15) is 0 Å². The zero-order valence-electron chi connectivity index (χ0n) is 15.2. The van der Waals surface area contributed by atoms with E-state index in [2.05, 4.69) is 11.1 Å². The van der Waals surface area contributed by atoms with E-state index in [1.165, 1.54) is 51.4 Å². The second-order valence-electron chi connectivity index (χ2n) is 5.51. The first kappa shape index (κ1) is 27.0. The fraction of sp³-hybridized carbons (Fsp3) is 0.938. The molecule has 0 saturated carbocycles. The van der Waals surface area contributed by atoms with Crippen LogP contribution in [0.1, 0.15) is 64.2 Å². The van der Waals surface area contributed by atoms with Crippen molar-refractivity contribution in [3.05, 3.63) is 6.92 Å². The van der Waals surface area contributed by atoms with Gasteiger partial charge < -0.3 is 16.4 Å². The molecule has 0 bridgehead atoms. The Hall–Kier alpha value is 0.790. The fourth-order valence-electron chi connectivity index (χ4n) is 2.14. The van der Waals surface area contributed by atoms with Gasteiger partial charge in [0.05, 0.1) is 26.4 Å². The van der Waals surface area contributed by atoms with Gasteiger partial charge in [-0.2, -0.15) is 14.8 Å². The summed E-state index contributed by atoms with van der Waals surface area (Å²) in [6.07, 6.45) is 12.5. The fourth-order valence-corrected chi connectivity index (χ4v) is 2.42. The summed E-state index contributed by atoms with van der Waals surface area (Å²) < 4.78 is 43.4. The van der Waals surface area contributed by atoms with Crippen LogP contribution in [0.2, 0.25) is 0 Å². The molecule has 0 spiro atoms. The Morgan fingerprint density at radius 1 is 0.667 bits per heavy atom. The van der Waals surface area contributed by atoms with E-state index in [9.17, 15) is 8.42 Å². The van der Waals surface area contributed by atoms with Crippen LogP contribution in [-0.4, -0.2) is 46.0 Å². The SMILES string of the molecule is [CH2-]CCCCCCCCCCCOCCOCCOS(=O)(=O)O.[Na+]. The second kappa shape index (κ2) is 20.1. The minimum absolute atomic E-state index is 0. The molecule has 0 aromatic heterocycles. The van der Waals surface area contributed by atoms with Gasteiger partial charge in [-0.25, -0.2) is 4.18 Å². The second-order valence-corrected chi connectivity index (χ2v) is 6.60. The molecule has 8 heteroatoms. The summed E-state index contributed by atoms with van der Waals surface area (Å²) in [5.74, 6) is 0. The maximum Gasteiger partial charge on any atom is 1.00 e. The van der Waals surface area contributed by atoms with Gasteiger partial charge in [-0.1, -0.05) is 51.4 Å². The van der Waals surface area contributed by atoms with E-state index < -0.39 is 10.4 Å². The van der Waals surface area contributed by atoms with Crippen LogP contribution in [0.25, 0.3) is 0 Å². The summed E-state index contributed by atoms with van der Waals surface area (Å²) in [7, 11) is -4.36. The van der Waals surface area contributed by atoms with Crippen LogP contribution in [0.15, 0.2) is 0 Å². The van der Waals surface area contributed by atoms with Crippen LogP contribution in [0.4, 0.5) is 0 Å². The molecule has 0 radical (unpaired) electrons. The molecule has 0 fully saturated rings. The number of ether oxygens (including phenoxy) is 2. The number of unbranched alkanes of at least 4 members (excludes halogenated alkanes) is 9. The maximum absolute atomic E-state index is 10.2. The molecule has 0 aromatic carbocycles. The molecule has 0 unspecified atom stereocenters. The van der Waals surface area contributed by atoms with E-state index in [0.29, 0.717) is 13.2 Å². The monoisotopic (exact) mass is 376 g/mol. The molecule has 0 aromatic rings. The molecule has 0 atom stereocenters. The molecular formula is C16H33NaO6S. The Kier molecular flexibility index (Phi) is 22.6. The predicted octanol–water partition coefficient (Wildman–Crippen LogP) is 0.578. The molecule has 0 rings (SSSR count). The number of hydrogen-bond donors (Lipinski definition) is 1. The third-order valence-corrected chi connectivity index (χ3v) is 3.84. The van der Waals surface area contributed by atoms with Crippen LogP contribution >= 0.6 is 0 Å². The first-order valence-electron chi connectivity index (χ1n) is 8.63.